The van der Waals surface area contributed by atoms with Crippen LogP contribution in [-0.4, -0.2) is 30.7 Å². The van der Waals surface area contributed by atoms with Crippen molar-refractivity contribution >= 4 is 0 Å². The minimum atomic E-state index is -1.30. The lowest BCUT2D eigenvalue weighted by Gasteiger charge is -2.02. The number of ether oxygens (including phenoxy) is 1. The molecule has 0 amide bonds. The van der Waals surface area contributed by atoms with E-state index in [2.05, 4.69) is 13.8 Å². The average Bonchev–Trinajstić information content (AvgIpc) is 2.92. The summed E-state index contributed by atoms with van der Waals surface area (Å²) in [6.45, 7) is 10.4. The quantitative estimate of drug-likeness (QED) is 0.670. The van der Waals surface area contributed by atoms with E-state index in [1.165, 1.54) is 6.92 Å². The predicted molar refractivity (Wildman–Crippen MR) is 66.6 cm³/mol. The molecular formula is C13H27F3O. The van der Waals surface area contributed by atoms with E-state index in [1.807, 2.05) is 6.92 Å². The third-order valence-electron chi connectivity index (χ3n) is 2.46. The van der Waals surface area contributed by atoms with E-state index in [-0.39, 0.29) is 6.42 Å². The van der Waals surface area contributed by atoms with Gasteiger partial charge in [0.2, 0.25) is 0 Å². The zero-order valence-corrected chi connectivity index (χ0v) is 11.8. The summed E-state index contributed by atoms with van der Waals surface area (Å²) in [7, 11) is 0. The summed E-state index contributed by atoms with van der Waals surface area (Å²) in [5, 5.41) is 0. The van der Waals surface area contributed by atoms with Crippen molar-refractivity contribution in [2.75, 3.05) is 0 Å². The van der Waals surface area contributed by atoms with Crippen LogP contribution in [0.1, 0.15) is 54.4 Å². The van der Waals surface area contributed by atoms with Gasteiger partial charge in [-0.1, -0.05) is 13.8 Å². The maximum absolute atomic E-state index is 11.9. The first-order valence-corrected chi connectivity index (χ1v) is 6.33. The van der Waals surface area contributed by atoms with E-state index in [9.17, 15) is 13.2 Å². The van der Waals surface area contributed by atoms with Gasteiger partial charge in [0.25, 0.3) is 0 Å². The van der Waals surface area contributed by atoms with Crippen molar-refractivity contribution in [3.8, 4) is 0 Å². The Morgan fingerprint density at radius 2 is 1.24 bits per heavy atom. The van der Waals surface area contributed by atoms with Gasteiger partial charge in [0.15, 0.2) is 0 Å². The largest absolute Gasteiger partial charge is 0.370 e. The summed E-state index contributed by atoms with van der Waals surface area (Å²) in [4.78, 5) is 0. The first-order chi connectivity index (χ1) is 7.76. The molecule has 0 radical (unpaired) electrons. The lowest BCUT2D eigenvalue weighted by molar-refractivity contribution is 0.178. The van der Waals surface area contributed by atoms with Crippen molar-refractivity contribution in [1.82, 2.24) is 0 Å². The molecule has 0 aromatic heterocycles. The van der Waals surface area contributed by atoms with E-state index < -0.39 is 18.5 Å². The second kappa shape index (κ2) is 10.9. The zero-order chi connectivity index (χ0) is 14.0. The van der Waals surface area contributed by atoms with Gasteiger partial charge in [-0.2, -0.15) is 0 Å². The second-order valence-electron chi connectivity index (χ2n) is 4.34. The Labute approximate surface area is 104 Å². The average molecular weight is 256 g/mol. The molecule has 1 fully saturated rings. The molecular weight excluding hydrogens is 229 g/mol. The van der Waals surface area contributed by atoms with Gasteiger partial charge in [-0.15, -0.1) is 0 Å². The summed E-state index contributed by atoms with van der Waals surface area (Å²) in [6, 6.07) is 0. The highest BCUT2D eigenvalue weighted by Gasteiger charge is 2.27. The number of hydrogen-bond acceptors (Lipinski definition) is 1. The molecule has 5 unspecified atom stereocenters. The zero-order valence-electron chi connectivity index (χ0n) is 11.8. The lowest BCUT2D eigenvalue weighted by atomic mass is 10.2. The Hall–Kier alpha value is -0.250. The van der Waals surface area contributed by atoms with Gasteiger partial charge in [0.1, 0.15) is 12.3 Å². The normalized spacial score (nSPS) is 26.6. The van der Waals surface area contributed by atoms with Crippen LogP contribution >= 0.6 is 0 Å². The molecule has 0 saturated carbocycles. The fourth-order valence-electron chi connectivity index (χ4n) is 0.618. The Morgan fingerprint density at radius 1 is 0.941 bits per heavy atom. The predicted octanol–water partition coefficient (Wildman–Crippen LogP) is 4.64. The molecule has 0 spiro atoms. The van der Waals surface area contributed by atoms with Crippen LogP contribution in [0.5, 0.6) is 0 Å². The molecule has 0 aliphatic carbocycles. The smallest absolute Gasteiger partial charge is 0.131 e. The number of rotatable bonds is 3. The van der Waals surface area contributed by atoms with Gasteiger partial charge in [-0.3, -0.25) is 0 Å². The summed E-state index contributed by atoms with van der Waals surface area (Å²) in [5.41, 5.74) is 0. The number of halogens is 3. The van der Waals surface area contributed by atoms with E-state index in [0.717, 1.165) is 0 Å². The van der Waals surface area contributed by atoms with Crippen LogP contribution in [0.2, 0.25) is 0 Å². The molecule has 0 N–H and O–H groups in total. The fraction of sp³-hybridized carbons (Fsp3) is 1.00. The summed E-state index contributed by atoms with van der Waals surface area (Å²) < 4.78 is 39.9. The second-order valence-corrected chi connectivity index (χ2v) is 4.34. The lowest BCUT2D eigenvalue weighted by Crippen LogP contribution is -2.10. The highest BCUT2D eigenvalue weighted by atomic mass is 19.2. The van der Waals surface area contributed by atoms with Gasteiger partial charge in [0, 0.05) is 0 Å². The Balaban J connectivity index is 0. The molecule has 17 heavy (non-hydrogen) atoms. The topological polar surface area (TPSA) is 12.5 Å². The number of hydrogen-bond donors (Lipinski definition) is 0. The highest BCUT2D eigenvalue weighted by Crippen LogP contribution is 2.18. The van der Waals surface area contributed by atoms with Crippen LogP contribution in [-0.2, 0) is 4.74 Å². The third kappa shape index (κ3) is 15.8. The first-order valence-electron chi connectivity index (χ1n) is 6.33. The Bertz CT molecular complexity index is 153. The van der Waals surface area contributed by atoms with Gasteiger partial charge < -0.3 is 4.74 Å². The molecule has 1 rings (SSSR count). The molecule has 0 aromatic carbocycles. The summed E-state index contributed by atoms with van der Waals surface area (Å²) in [6.07, 6.45) is -1.16. The Kier molecular flexibility index (Phi) is 12.2. The van der Waals surface area contributed by atoms with Gasteiger partial charge in [0.05, 0.1) is 18.4 Å². The molecule has 5 atom stereocenters. The van der Waals surface area contributed by atoms with Crippen LogP contribution in [0.25, 0.3) is 0 Å². The minimum absolute atomic E-state index is 0.275. The van der Waals surface area contributed by atoms with Crippen LogP contribution in [0.3, 0.4) is 0 Å². The van der Waals surface area contributed by atoms with Crippen molar-refractivity contribution < 1.29 is 17.9 Å². The minimum Gasteiger partial charge on any atom is -0.370 e. The number of alkyl halides is 3. The molecule has 1 saturated heterocycles. The van der Waals surface area contributed by atoms with Crippen molar-refractivity contribution in [3.63, 3.8) is 0 Å². The van der Waals surface area contributed by atoms with Crippen molar-refractivity contribution in [2.24, 2.45) is 0 Å². The molecule has 106 valence electrons. The van der Waals surface area contributed by atoms with Crippen LogP contribution < -0.4 is 0 Å². The summed E-state index contributed by atoms with van der Waals surface area (Å²) in [5.74, 6) is 0. The maximum Gasteiger partial charge on any atom is 0.131 e. The van der Waals surface area contributed by atoms with E-state index >= 15 is 0 Å². The van der Waals surface area contributed by atoms with Gasteiger partial charge >= 0.3 is 0 Å². The molecule has 4 heteroatoms. The number of epoxide rings is 1. The summed E-state index contributed by atoms with van der Waals surface area (Å²) >= 11 is 0. The third-order valence-corrected chi connectivity index (χ3v) is 2.46. The van der Waals surface area contributed by atoms with Crippen LogP contribution in [0.4, 0.5) is 13.2 Å². The monoisotopic (exact) mass is 256 g/mol. The van der Waals surface area contributed by atoms with Crippen molar-refractivity contribution in [1.29, 1.82) is 0 Å². The van der Waals surface area contributed by atoms with E-state index in [4.69, 9.17) is 4.74 Å². The molecule has 1 nitrogen and oxygen atoms in total. The Morgan fingerprint density at radius 3 is 1.24 bits per heavy atom. The SMILES string of the molecule is CC1OC1C.CCC(C)F.CCC(F)C(C)F. The van der Waals surface area contributed by atoms with Gasteiger partial charge in [-0.25, -0.2) is 13.2 Å². The standard InChI is InChI=1S/C5H10F2.C4H9F.C4H8O/c1-3-5(7)4(2)6;1-3-4(2)5;1-3-4(2)5-3/h4-5H,3H2,1-2H3;4H,3H2,1-2H3;3-4H,1-2H3. The fourth-order valence-corrected chi connectivity index (χ4v) is 0.618. The van der Waals surface area contributed by atoms with E-state index in [0.29, 0.717) is 18.6 Å². The maximum atomic E-state index is 11.9. The van der Waals surface area contributed by atoms with Crippen molar-refractivity contribution in [3.05, 3.63) is 0 Å². The van der Waals surface area contributed by atoms with Crippen molar-refractivity contribution in [2.45, 2.75) is 85.1 Å². The molecule has 0 aromatic rings. The molecule has 1 heterocycles. The first kappa shape index (κ1) is 19.1. The van der Waals surface area contributed by atoms with Gasteiger partial charge in [-0.05, 0) is 40.5 Å². The molecule has 1 aliphatic rings. The highest BCUT2D eigenvalue weighted by molar-refractivity contribution is 4.73. The van der Waals surface area contributed by atoms with E-state index in [1.54, 1.807) is 13.8 Å². The van der Waals surface area contributed by atoms with Crippen LogP contribution in [0.15, 0.2) is 0 Å². The molecule has 0 bridgehead atoms. The molecule has 1 aliphatic heterocycles. The van der Waals surface area contributed by atoms with Crippen LogP contribution in [0, 0.1) is 0 Å².